The van der Waals surface area contributed by atoms with Crippen LogP contribution >= 0.6 is 23.4 Å². The lowest BCUT2D eigenvalue weighted by Crippen LogP contribution is -2.31. The molecular weight excluding hydrogens is 244 g/mol. The molecule has 0 aliphatic carbocycles. The highest BCUT2D eigenvalue weighted by atomic mass is 35.5. The molecule has 1 aromatic heterocycles. The third kappa shape index (κ3) is 2.33. The molecule has 1 aliphatic heterocycles. The molecule has 1 aliphatic rings. The number of carbonyl (C=O) groups is 1. The summed E-state index contributed by atoms with van der Waals surface area (Å²) in [5, 5.41) is 1.16. The van der Waals surface area contributed by atoms with Crippen LogP contribution in [0, 0.1) is 0 Å². The van der Waals surface area contributed by atoms with Gasteiger partial charge in [0.05, 0.1) is 5.56 Å². The molecule has 1 aromatic rings. The first kappa shape index (κ1) is 11.7. The molecule has 0 spiro atoms. The van der Waals surface area contributed by atoms with Gasteiger partial charge in [-0.25, -0.2) is 4.98 Å². The smallest absolute Gasteiger partial charge is 0.256 e. The first-order valence-corrected chi connectivity index (χ1v) is 6.57. The summed E-state index contributed by atoms with van der Waals surface area (Å²) < 4.78 is 0. The predicted octanol–water partition coefficient (Wildman–Crippen LogP) is 2.26. The molecule has 0 saturated heterocycles. The van der Waals surface area contributed by atoms with Crippen molar-refractivity contribution in [3.05, 3.63) is 23.9 Å². The Bertz CT molecular complexity index is 399. The van der Waals surface area contributed by atoms with E-state index < -0.39 is 0 Å². The SMILES string of the molecule is CN1CC(CCCl)Sc2ncccc2C1=O. The lowest BCUT2D eigenvalue weighted by molar-refractivity contribution is 0.0794. The molecule has 86 valence electrons. The number of fused-ring (bicyclic) bond motifs is 1. The van der Waals surface area contributed by atoms with Crippen molar-refractivity contribution in [2.75, 3.05) is 19.5 Å². The highest BCUT2D eigenvalue weighted by Gasteiger charge is 2.26. The lowest BCUT2D eigenvalue weighted by atomic mass is 10.2. The molecule has 16 heavy (non-hydrogen) atoms. The Hall–Kier alpha value is -0.740. The summed E-state index contributed by atoms with van der Waals surface area (Å²) in [6.07, 6.45) is 2.61. The average Bonchev–Trinajstić information content (AvgIpc) is 2.39. The van der Waals surface area contributed by atoms with Crippen LogP contribution in [0.4, 0.5) is 0 Å². The molecule has 0 radical (unpaired) electrons. The number of hydrogen-bond acceptors (Lipinski definition) is 3. The highest BCUT2D eigenvalue weighted by Crippen LogP contribution is 2.31. The highest BCUT2D eigenvalue weighted by molar-refractivity contribution is 8.00. The summed E-state index contributed by atoms with van der Waals surface area (Å²) in [6.45, 7) is 0.729. The molecule has 5 heteroatoms. The molecule has 0 aromatic carbocycles. The van der Waals surface area contributed by atoms with Gasteiger partial charge in [0, 0.05) is 30.9 Å². The third-order valence-corrected chi connectivity index (χ3v) is 4.02. The van der Waals surface area contributed by atoms with Gasteiger partial charge in [-0.3, -0.25) is 4.79 Å². The Kier molecular flexibility index (Phi) is 3.71. The molecule has 1 unspecified atom stereocenters. The summed E-state index contributed by atoms with van der Waals surface area (Å²) in [4.78, 5) is 18.0. The summed E-state index contributed by atoms with van der Waals surface area (Å²) in [7, 11) is 1.83. The van der Waals surface area contributed by atoms with Crippen molar-refractivity contribution in [3.63, 3.8) is 0 Å². The first-order valence-electron chi connectivity index (χ1n) is 5.15. The minimum absolute atomic E-state index is 0.0488. The van der Waals surface area contributed by atoms with Crippen LogP contribution in [-0.2, 0) is 0 Å². The van der Waals surface area contributed by atoms with Gasteiger partial charge in [0.2, 0.25) is 0 Å². The Balaban J connectivity index is 2.32. The molecule has 1 atom stereocenters. The molecule has 2 heterocycles. The van der Waals surface area contributed by atoms with Gasteiger partial charge in [0.15, 0.2) is 0 Å². The standard InChI is InChI=1S/C11H13ClN2OS/c1-14-7-8(4-5-12)16-10-9(11(14)15)3-2-6-13-10/h2-3,6,8H,4-5,7H2,1H3. The van der Waals surface area contributed by atoms with Crippen molar-refractivity contribution in [3.8, 4) is 0 Å². The fraction of sp³-hybridized carbons (Fsp3) is 0.455. The zero-order valence-corrected chi connectivity index (χ0v) is 10.6. The molecule has 1 amide bonds. The minimum Gasteiger partial charge on any atom is -0.340 e. The van der Waals surface area contributed by atoms with Gasteiger partial charge in [-0.05, 0) is 18.6 Å². The van der Waals surface area contributed by atoms with Crippen LogP contribution in [-0.4, -0.2) is 40.5 Å². The maximum Gasteiger partial charge on any atom is 0.256 e. The van der Waals surface area contributed by atoms with Crippen LogP contribution in [0.3, 0.4) is 0 Å². The van der Waals surface area contributed by atoms with E-state index in [4.69, 9.17) is 11.6 Å². The van der Waals surface area contributed by atoms with E-state index in [1.165, 1.54) is 0 Å². The molecule has 0 bridgehead atoms. The second-order valence-electron chi connectivity index (χ2n) is 3.76. The number of hydrogen-bond donors (Lipinski definition) is 0. The Morgan fingerprint density at radius 1 is 1.69 bits per heavy atom. The van der Waals surface area contributed by atoms with E-state index in [9.17, 15) is 4.79 Å². The van der Waals surface area contributed by atoms with Crippen LogP contribution in [0.25, 0.3) is 0 Å². The molecule has 0 saturated carbocycles. The largest absolute Gasteiger partial charge is 0.340 e. The number of carbonyl (C=O) groups excluding carboxylic acids is 1. The summed E-state index contributed by atoms with van der Waals surface area (Å²) in [5.74, 6) is 0.662. The number of thioether (sulfide) groups is 1. The second kappa shape index (κ2) is 5.06. The number of pyridine rings is 1. The second-order valence-corrected chi connectivity index (χ2v) is 5.43. The van der Waals surface area contributed by atoms with Crippen molar-refractivity contribution in [2.45, 2.75) is 16.7 Å². The maximum atomic E-state index is 12.0. The Morgan fingerprint density at radius 3 is 3.25 bits per heavy atom. The van der Waals surface area contributed by atoms with Crippen LogP contribution in [0.5, 0.6) is 0 Å². The van der Waals surface area contributed by atoms with Gasteiger partial charge in [-0.2, -0.15) is 0 Å². The predicted molar refractivity (Wildman–Crippen MR) is 66.2 cm³/mol. The molecule has 3 nitrogen and oxygen atoms in total. The van der Waals surface area contributed by atoms with Crippen LogP contribution in [0.1, 0.15) is 16.8 Å². The zero-order valence-electron chi connectivity index (χ0n) is 9.02. The average molecular weight is 257 g/mol. The van der Waals surface area contributed by atoms with Crippen molar-refractivity contribution < 1.29 is 4.79 Å². The summed E-state index contributed by atoms with van der Waals surface area (Å²) in [6, 6.07) is 3.63. The van der Waals surface area contributed by atoms with Crippen molar-refractivity contribution in [1.82, 2.24) is 9.88 Å². The van der Waals surface area contributed by atoms with E-state index in [0.29, 0.717) is 16.7 Å². The number of nitrogens with zero attached hydrogens (tertiary/aromatic N) is 2. The number of amides is 1. The fourth-order valence-corrected chi connectivity index (χ4v) is 3.35. The van der Waals surface area contributed by atoms with Crippen molar-refractivity contribution >= 4 is 29.3 Å². The van der Waals surface area contributed by atoms with Gasteiger partial charge in [-0.15, -0.1) is 23.4 Å². The quantitative estimate of drug-likeness (QED) is 0.761. The van der Waals surface area contributed by atoms with Crippen LogP contribution < -0.4 is 0 Å². The summed E-state index contributed by atoms with van der Waals surface area (Å²) >= 11 is 7.41. The molecule has 0 fully saturated rings. The van der Waals surface area contributed by atoms with E-state index in [0.717, 1.165) is 18.0 Å². The Morgan fingerprint density at radius 2 is 2.50 bits per heavy atom. The monoisotopic (exact) mass is 256 g/mol. The molecule has 2 rings (SSSR count). The lowest BCUT2D eigenvalue weighted by Gasteiger charge is -2.18. The van der Waals surface area contributed by atoms with Crippen LogP contribution in [0.15, 0.2) is 23.4 Å². The first-order chi connectivity index (χ1) is 7.72. The zero-order chi connectivity index (χ0) is 11.5. The van der Waals surface area contributed by atoms with E-state index >= 15 is 0 Å². The van der Waals surface area contributed by atoms with E-state index in [2.05, 4.69) is 4.98 Å². The van der Waals surface area contributed by atoms with Crippen molar-refractivity contribution in [2.24, 2.45) is 0 Å². The summed E-state index contributed by atoms with van der Waals surface area (Å²) in [5.41, 5.74) is 0.701. The van der Waals surface area contributed by atoms with Crippen LogP contribution in [0.2, 0.25) is 0 Å². The van der Waals surface area contributed by atoms with Gasteiger partial charge >= 0.3 is 0 Å². The normalized spacial score (nSPS) is 20.5. The topological polar surface area (TPSA) is 33.2 Å². The third-order valence-electron chi connectivity index (χ3n) is 2.54. The number of aromatic nitrogens is 1. The van der Waals surface area contributed by atoms with E-state index in [1.807, 2.05) is 13.1 Å². The van der Waals surface area contributed by atoms with E-state index in [-0.39, 0.29) is 5.91 Å². The number of halogens is 1. The Labute approximate surface area is 104 Å². The maximum absolute atomic E-state index is 12.0. The number of alkyl halides is 1. The number of rotatable bonds is 2. The van der Waals surface area contributed by atoms with Gasteiger partial charge in [0.1, 0.15) is 5.03 Å². The van der Waals surface area contributed by atoms with Gasteiger partial charge < -0.3 is 4.90 Å². The minimum atomic E-state index is 0.0488. The fourth-order valence-electron chi connectivity index (χ4n) is 1.71. The molecule has 0 N–H and O–H groups in total. The van der Waals surface area contributed by atoms with Gasteiger partial charge in [0.25, 0.3) is 5.91 Å². The van der Waals surface area contributed by atoms with Gasteiger partial charge in [-0.1, -0.05) is 0 Å². The molecular formula is C11H13ClN2OS. The van der Waals surface area contributed by atoms with E-state index in [1.54, 1.807) is 28.9 Å². The van der Waals surface area contributed by atoms with Crippen molar-refractivity contribution in [1.29, 1.82) is 0 Å².